The first-order valence-corrected chi connectivity index (χ1v) is 15.9. The van der Waals surface area contributed by atoms with Crippen molar-refractivity contribution < 1.29 is 66.8 Å². The highest BCUT2D eigenvalue weighted by atomic mass is 31.3. The molecule has 2 aliphatic rings. The fourth-order valence-electron chi connectivity index (χ4n) is 5.09. The van der Waals surface area contributed by atoms with Gasteiger partial charge in [0, 0.05) is 18.4 Å². The number of phosphoric acid groups is 2. The van der Waals surface area contributed by atoms with Gasteiger partial charge in [-0.25, -0.2) is 24.1 Å². The van der Waals surface area contributed by atoms with Crippen molar-refractivity contribution in [3.63, 3.8) is 0 Å². The summed E-state index contributed by atoms with van der Waals surface area (Å²) in [5, 5.41) is 41.9. The number of anilines is 1. The Morgan fingerprint density at radius 1 is 1.05 bits per heavy atom. The zero-order valence-electron chi connectivity index (χ0n) is 22.5. The largest absolute Gasteiger partial charge is 0.481 e. The number of aromatic nitrogens is 5. The van der Waals surface area contributed by atoms with E-state index < -0.39 is 83.5 Å². The summed E-state index contributed by atoms with van der Waals surface area (Å²) < 4.78 is 47.1. The Labute approximate surface area is 247 Å². The van der Waals surface area contributed by atoms with Crippen molar-refractivity contribution in [1.29, 1.82) is 0 Å². The van der Waals surface area contributed by atoms with E-state index in [1.54, 1.807) is 0 Å². The van der Waals surface area contributed by atoms with Gasteiger partial charge in [0.05, 0.1) is 25.6 Å². The monoisotopic (exact) mass is 662 g/mol. The lowest BCUT2D eigenvalue weighted by Gasteiger charge is -2.20. The Bertz CT molecular complexity index is 1630. The number of carbonyl (C=O) groups excluding carboxylic acids is 1. The third kappa shape index (κ3) is 6.66. The molecule has 1 saturated carbocycles. The molecule has 0 radical (unpaired) electrons. The summed E-state index contributed by atoms with van der Waals surface area (Å²) in [5.74, 6) is -1.58. The average Bonchev–Trinajstić information content (AvgIpc) is 3.61. The molecule has 0 bridgehead atoms. The number of pyridine rings is 1. The fraction of sp³-hybridized carbons (Fsp3) is 0.500. The molecule has 10 N–H and O–H groups in total. The Morgan fingerprint density at radius 3 is 2.45 bits per heavy atom. The number of nitrogens with two attached hydrogens (primary N) is 2. The van der Waals surface area contributed by atoms with E-state index in [-0.39, 0.29) is 29.0 Å². The smallest absolute Gasteiger partial charge is 0.390 e. The van der Waals surface area contributed by atoms with Crippen LogP contribution < -0.4 is 16.0 Å². The lowest BCUT2D eigenvalue weighted by Crippen LogP contribution is -2.45. The van der Waals surface area contributed by atoms with Gasteiger partial charge in [0.15, 0.2) is 36.1 Å². The number of hydrogen-bond acceptors (Lipinski definition) is 15. The Hall–Kier alpha value is -2.97. The van der Waals surface area contributed by atoms with Crippen molar-refractivity contribution in [3.8, 4) is 0 Å². The molecule has 20 nitrogen and oxygen atoms in total. The number of ether oxygens (including phenoxy) is 1. The second kappa shape index (κ2) is 12.4. The molecule has 44 heavy (non-hydrogen) atoms. The minimum atomic E-state index is -5.33. The molecule has 1 saturated heterocycles. The van der Waals surface area contributed by atoms with Crippen LogP contribution in [0.4, 0.5) is 5.82 Å². The van der Waals surface area contributed by atoms with E-state index in [0.717, 1.165) is 6.33 Å². The van der Waals surface area contributed by atoms with Crippen molar-refractivity contribution >= 4 is 38.5 Å². The molecule has 1 amide bonds. The molecule has 3 aromatic heterocycles. The molecule has 22 heteroatoms. The number of hydrogen-bond donors (Lipinski definition) is 8. The lowest BCUT2D eigenvalue weighted by molar-refractivity contribution is -0.728. The average molecular weight is 662 g/mol. The van der Waals surface area contributed by atoms with Crippen LogP contribution in [-0.2, 0) is 27.2 Å². The molecular weight excluding hydrogens is 632 g/mol. The van der Waals surface area contributed by atoms with Crippen molar-refractivity contribution in [2.24, 2.45) is 11.7 Å². The minimum absolute atomic E-state index is 0.0216. The Balaban J connectivity index is 1.16. The highest BCUT2D eigenvalue weighted by molar-refractivity contribution is 7.61. The predicted octanol–water partition coefficient (Wildman–Crippen LogP) is -2.35. The van der Waals surface area contributed by atoms with Crippen LogP contribution in [0.15, 0.2) is 37.2 Å². The maximum absolute atomic E-state index is 12.5. The Morgan fingerprint density at radius 2 is 1.75 bits per heavy atom. The number of amides is 1. The van der Waals surface area contributed by atoms with Crippen LogP contribution in [-0.4, -0.2) is 99.4 Å². The predicted molar refractivity (Wildman–Crippen MR) is 143 cm³/mol. The number of rotatable bonds is 11. The maximum atomic E-state index is 12.5. The van der Waals surface area contributed by atoms with Gasteiger partial charge in [-0.3, -0.25) is 18.4 Å². The van der Waals surface area contributed by atoms with Crippen LogP contribution >= 0.6 is 15.6 Å². The third-order valence-electron chi connectivity index (χ3n) is 7.32. The van der Waals surface area contributed by atoms with Gasteiger partial charge in [0.2, 0.25) is 0 Å². The topological polar surface area (TPSA) is 309 Å². The van der Waals surface area contributed by atoms with E-state index in [1.165, 1.54) is 40.0 Å². The quantitative estimate of drug-likeness (QED) is 0.0787. The first kappa shape index (κ1) is 32.4. The molecule has 2 fully saturated rings. The van der Waals surface area contributed by atoms with Crippen LogP contribution in [0.2, 0.25) is 0 Å². The van der Waals surface area contributed by atoms with E-state index in [0.29, 0.717) is 0 Å². The molecule has 1 aliphatic carbocycles. The lowest BCUT2D eigenvalue weighted by atomic mass is 10.1. The maximum Gasteiger partial charge on any atom is 0.481 e. The van der Waals surface area contributed by atoms with E-state index >= 15 is 0 Å². The van der Waals surface area contributed by atoms with Crippen LogP contribution in [0, 0.1) is 5.92 Å². The third-order valence-corrected chi connectivity index (χ3v) is 9.92. The van der Waals surface area contributed by atoms with Crippen LogP contribution in [0.3, 0.4) is 0 Å². The van der Waals surface area contributed by atoms with E-state index in [9.17, 15) is 44.1 Å². The Kier molecular flexibility index (Phi) is 9.16. The molecule has 0 aromatic carbocycles. The zero-order chi connectivity index (χ0) is 32.0. The molecule has 0 spiro atoms. The van der Waals surface area contributed by atoms with Gasteiger partial charge in [0.25, 0.3) is 5.91 Å². The van der Waals surface area contributed by atoms with Crippen molar-refractivity contribution in [1.82, 2.24) is 19.5 Å². The van der Waals surface area contributed by atoms with E-state index in [4.69, 9.17) is 25.3 Å². The molecule has 5 rings (SSSR count). The summed E-state index contributed by atoms with van der Waals surface area (Å²) in [5.41, 5.74) is 11.6. The number of nitrogens with zero attached hydrogens (tertiary/aromatic N) is 5. The SMILES string of the molecule is NC(=O)c1ccc[n+](C2CC(COP(=O)(O)OP(=O)(O)OCC3OC(n4cnc5c(N)ncnc54)C(O)C3O)C(O)C2O)c1. The first-order chi connectivity index (χ1) is 20.7. The number of nitrogen functional groups attached to an aromatic ring is 1. The van der Waals surface area contributed by atoms with Gasteiger partial charge in [-0.05, 0) is 6.07 Å². The number of primary amides is 1. The van der Waals surface area contributed by atoms with Gasteiger partial charge in [-0.1, -0.05) is 0 Å². The fourth-order valence-corrected chi connectivity index (χ4v) is 7.23. The minimum Gasteiger partial charge on any atom is -0.390 e. The molecule has 4 heterocycles. The van der Waals surface area contributed by atoms with Crippen LogP contribution in [0.5, 0.6) is 0 Å². The van der Waals surface area contributed by atoms with Gasteiger partial charge < -0.3 is 46.4 Å². The number of fused-ring (bicyclic) bond motifs is 1. The van der Waals surface area contributed by atoms with Gasteiger partial charge in [0.1, 0.15) is 41.8 Å². The number of carbonyl (C=O) groups is 1. The van der Waals surface area contributed by atoms with Gasteiger partial charge in [-0.15, -0.1) is 0 Å². The van der Waals surface area contributed by atoms with Gasteiger partial charge >= 0.3 is 15.6 Å². The number of aliphatic hydroxyl groups is 4. The standard InChI is InChI=1S/C22H29N7O13P2/c23-19-14-21(26-8-25-19)29(9-27-14)22-18(33)17(32)13(41-22)7-40-44(37,38)42-43(35,36)39-6-11-4-12(16(31)15(11)30)28-3-1-2-10(5-28)20(24)34/h1-3,5,8-9,11-13,15-18,22,30-33H,4,6-7H2,(H5-,23,24,25,26,34,35,36,37,38)/p+1. The molecular formula is C22H30N7O13P2+. The van der Waals surface area contributed by atoms with Crippen LogP contribution in [0.1, 0.15) is 29.0 Å². The summed E-state index contributed by atoms with van der Waals surface area (Å²) in [7, 11) is -10.6. The van der Waals surface area contributed by atoms with Gasteiger partial charge in [-0.2, -0.15) is 8.88 Å². The van der Waals surface area contributed by atoms with Crippen molar-refractivity contribution in [3.05, 3.63) is 42.7 Å². The number of imidazole rings is 1. The van der Waals surface area contributed by atoms with Crippen LogP contribution in [0.25, 0.3) is 11.2 Å². The summed E-state index contributed by atoms with van der Waals surface area (Å²) in [4.78, 5) is 43.5. The zero-order valence-corrected chi connectivity index (χ0v) is 24.3. The molecule has 10 atom stereocenters. The molecule has 240 valence electrons. The number of aliphatic hydroxyl groups excluding tert-OH is 4. The van der Waals surface area contributed by atoms with Crippen molar-refractivity contribution in [2.75, 3.05) is 18.9 Å². The summed E-state index contributed by atoms with van der Waals surface area (Å²) >= 11 is 0. The number of phosphoric ester groups is 2. The molecule has 1 aliphatic heterocycles. The highest BCUT2D eigenvalue weighted by Gasteiger charge is 2.49. The second-order valence-electron chi connectivity index (χ2n) is 10.2. The molecule has 3 aromatic rings. The summed E-state index contributed by atoms with van der Waals surface area (Å²) in [6.45, 7) is -1.55. The highest BCUT2D eigenvalue weighted by Crippen LogP contribution is 2.61. The first-order valence-electron chi connectivity index (χ1n) is 12.9. The molecule has 10 unspecified atom stereocenters. The summed E-state index contributed by atoms with van der Waals surface area (Å²) in [6, 6.07) is 2.21. The van der Waals surface area contributed by atoms with Crippen molar-refractivity contribution in [2.45, 2.75) is 49.2 Å². The normalized spacial score (nSPS) is 31.6. The summed E-state index contributed by atoms with van der Waals surface area (Å²) in [6.07, 6.45) is -3.36. The van der Waals surface area contributed by atoms with E-state index in [1.807, 2.05) is 0 Å². The second-order valence-corrected chi connectivity index (χ2v) is 13.2. The van der Waals surface area contributed by atoms with E-state index in [2.05, 4.69) is 19.3 Å².